The maximum Gasteiger partial charge on any atom is 0.274 e. The summed E-state index contributed by atoms with van der Waals surface area (Å²) in [5, 5.41) is 0. The molecule has 2 heterocycles. The van der Waals surface area contributed by atoms with Crippen LogP contribution in [0.25, 0.3) is 22.1 Å². The van der Waals surface area contributed by atoms with Crippen LogP contribution in [0.15, 0.2) is 53.3 Å². The highest BCUT2D eigenvalue weighted by molar-refractivity contribution is 14.1. The molecule has 4 aromatic rings. The quantitative estimate of drug-likeness (QED) is 0.457. The lowest BCUT2D eigenvalue weighted by molar-refractivity contribution is 1.19. The van der Waals surface area contributed by atoms with E-state index in [0.717, 1.165) is 25.1 Å². The third kappa shape index (κ3) is 2.16. The summed E-state index contributed by atoms with van der Waals surface area (Å²) in [6.45, 7) is 0. The number of para-hydroxylation sites is 2. The summed E-state index contributed by atoms with van der Waals surface area (Å²) in [4.78, 5) is 17.9. The van der Waals surface area contributed by atoms with E-state index in [1.54, 1.807) is 4.40 Å². The van der Waals surface area contributed by atoms with Gasteiger partial charge in [0.15, 0.2) is 4.96 Å². The molecule has 0 fully saturated rings. The molecule has 0 radical (unpaired) electrons. The predicted octanol–water partition coefficient (Wildman–Crippen LogP) is 3.06. The van der Waals surface area contributed by atoms with Crippen LogP contribution in [0.1, 0.15) is 5.56 Å². The Hall–Kier alpha value is -1.73. The summed E-state index contributed by atoms with van der Waals surface area (Å²) < 4.78 is 3.56. The van der Waals surface area contributed by atoms with Crippen LogP contribution >= 0.6 is 33.9 Å². The van der Waals surface area contributed by atoms with Crippen LogP contribution in [0.4, 0.5) is 0 Å². The Morgan fingerprint density at radius 3 is 2.86 bits per heavy atom. The van der Waals surface area contributed by atoms with Gasteiger partial charge in [0.1, 0.15) is 0 Å². The Morgan fingerprint density at radius 2 is 2.00 bits per heavy atom. The second-order valence-corrected chi connectivity index (χ2v) is 6.94. The minimum atomic E-state index is 0.00237. The minimum Gasteiger partial charge on any atom is -0.267 e. The number of imidazole rings is 1. The maximum atomic E-state index is 12.6. The van der Waals surface area contributed by atoms with Crippen molar-refractivity contribution in [3.63, 3.8) is 0 Å². The molecule has 5 heteroatoms. The zero-order valence-electron chi connectivity index (χ0n) is 10.8. The van der Waals surface area contributed by atoms with Gasteiger partial charge in [0.05, 0.1) is 15.6 Å². The van der Waals surface area contributed by atoms with E-state index >= 15 is 0 Å². The molecule has 0 amide bonds. The zero-order valence-corrected chi connectivity index (χ0v) is 13.8. The highest BCUT2D eigenvalue weighted by atomic mass is 127. The normalized spacial score (nSPS) is 12.5. The summed E-state index contributed by atoms with van der Waals surface area (Å²) in [5.74, 6) is 0. The van der Waals surface area contributed by atoms with Crippen LogP contribution in [0.2, 0.25) is 0 Å². The monoisotopic (exact) mass is 404 g/mol. The lowest BCUT2D eigenvalue weighted by Gasteiger charge is -1.92. The largest absolute Gasteiger partial charge is 0.274 e. The van der Waals surface area contributed by atoms with Gasteiger partial charge in [-0.2, -0.15) is 0 Å². The van der Waals surface area contributed by atoms with Gasteiger partial charge < -0.3 is 0 Å². The molecular weight excluding hydrogens is 395 g/mol. The lowest BCUT2D eigenvalue weighted by Crippen LogP contribution is -2.22. The Balaban J connectivity index is 2.03. The van der Waals surface area contributed by atoms with Crippen molar-refractivity contribution in [2.75, 3.05) is 0 Å². The Kier molecular flexibility index (Phi) is 3.04. The SMILES string of the molecule is O=c1c(=Cc2cccc(I)c2)sc2nc3ccccc3n12. The molecule has 0 spiro atoms. The molecular formula is C16H9IN2OS. The van der Waals surface area contributed by atoms with Gasteiger partial charge in [0.25, 0.3) is 5.56 Å². The Labute approximate surface area is 137 Å². The average Bonchev–Trinajstić information content (AvgIpc) is 2.97. The van der Waals surface area contributed by atoms with Crippen LogP contribution in [-0.2, 0) is 0 Å². The van der Waals surface area contributed by atoms with Crippen molar-refractivity contribution >= 4 is 56.0 Å². The molecule has 2 aromatic carbocycles. The van der Waals surface area contributed by atoms with E-state index < -0.39 is 0 Å². The van der Waals surface area contributed by atoms with Crippen molar-refractivity contribution in [2.24, 2.45) is 0 Å². The van der Waals surface area contributed by atoms with Gasteiger partial charge in [-0.25, -0.2) is 9.38 Å². The van der Waals surface area contributed by atoms with E-state index in [9.17, 15) is 4.79 Å². The highest BCUT2D eigenvalue weighted by Gasteiger charge is 2.10. The fourth-order valence-corrected chi connectivity index (χ4v) is 3.91. The van der Waals surface area contributed by atoms with Crippen molar-refractivity contribution in [3.8, 4) is 0 Å². The minimum absolute atomic E-state index is 0.00237. The van der Waals surface area contributed by atoms with Crippen molar-refractivity contribution in [1.29, 1.82) is 0 Å². The number of halogens is 1. The summed E-state index contributed by atoms with van der Waals surface area (Å²) in [6, 6.07) is 15.8. The number of hydrogen-bond donors (Lipinski definition) is 0. The van der Waals surface area contributed by atoms with E-state index in [1.165, 1.54) is 11.3 Å². The number of fused-ring (bicyclic) bond motifs is 3. The van der Waals surface area contributed by atoms with Crippen molar-refractivity contribution in [1.82, 2.24) is 9.38 Å². The molecule has 3 nitrogen and oxygen atoms in total. The van der Waals surface area contributed by atoms with Crippen molar-refractivity contribution in [2.45, 2.75) is 0 Å². The van der Waals surface area contributed by atoms with Crippen molar-refractivity contribution < 1.29 is 0 Å². The average molecular weight is 404 g/mol. The zero-order chi connectivity index (χ0) is 14.4. The summed E-state index contributed by atoms with van der Waals surface area (Å²) >= 11 is 3.70. The molecule has 0 saturated carbocycles. The number of nitrogens with zero attached hydrogens (tertiary/aromatic N) is 2. The molecule has 0 aliphatic carbocycles. The van der Waals surface area contributed by atoms with Crippen LogP contribution in [-0.4, -0.2) is 9.38 Å². The molecule has 102 valence electrons. The first kappa shape index (κ1) is 13.0. The molecule has 0 N–H and O–H groups in total. The second-order valence-electron chi connectivity index (χ2n) is 4.69. The summed E-state index contributed by atoms with van der Waals surface area (Å²) in [5.41, 5.74) is 2.77. The number of thiazole rings is 1. The smallest absolute Gasteiger partial charge is 0.267 e. The molecule has 0 atom stereocenters. The first-order valence-electron chi connectivity index (χ1n) is 6.40. The number of hydrogen-bond acceptors (Lipinski definition) is 3. The molecule has 0 aliphatic rings. The van der Waals surface area contributed by atoms with Gasteiger partial charge in [-0.15, -0.1) is 0 Å². The number of aromatic nitrogens is 2. The van der Waals surface area contributed by atoms with E-state index in [4.69, 9.17) is 0 Å². The van der Waals surface area contributed by atoms with E-state index in [-0.39, 0.29) is 5.56 Å². The molecule has 21 heavy (non-hydrogen) atoms. The molecule has 0 aliphatic heterocycles. The Bertz CT molecular complexity index is 1080. The first-order valence-corrected chi connectivity index (χ1v) is 8.29. The van der Waals surface area contributed by atoms with Crippen LogP contribution in [0.3, 0.4) is 0 Å². The van der Waals surface area contributed by atoms with Gasteiger partial charge in [0.2, 0.25) is 0 Å². The van der Waals surface area contributed by atoms with Crippen molar-refractivity contribution in [3.05, 3.63) is 72.6 Å². The van der Waals surface area contributed by atoms with Gasteiger partial charge in [0, 0.05) is 3.57 Å². The number of rotatable bonds is 1. The first-order chi connectivity index (χ1) is 10.2. The third-order valence-corrected chi connectivity index (χ3v) is 4.93. The van der Waals surface area contributed by atoms with Crippen LogP contribution in [0, 0.1) is 3.57 Å². The third-order valence-electron chi connectivity index (χ3n) is 3.29. The van der Waals surface area contributed by atoms with E-state index in [2.05, 4.69) is 33.6 Å². The molecule has 0 saturated heterocycles. The number of benzene rings is 2. The second kappa shape index (κ2) is 4.92. The van der Waals surface area contributed by atoms with Crippen LogP contribution < -0.4 is 10.1 Å². The maximum absolute atomic E-state index is 12.6. The topological polar surface area (TPSA) is 34.4 Å². The van der Waals surface area contributed by atoms with E-state index in [1.807, 2.05) is 48.5 Å². The summed E-state index contributed by atoms with van der Waals surface area (Å²) in [7, 11) is 0. The fraction of sp³-hybridized carbons (Fsp3) is 0. The summed E-state index contributed by atoms with van der Waals surface area (Å²) in [6.07, 6.45) is 1.93. The predicted molar refractivity (Wildman–Crippen MR) is 94.8 cm³/mol. The van der Waals surface area contributed by atoms with Crippen LogP contribution in [0.5, 0.6) is 0 Å². The fourth-order valence-electron chi connectivity index (χ4n) is 2.36. The molecule has 0 bridgehead atoms. The molecule has 2 aromatic heterocycles. The van der Waals surface area contributed by atoms with Gasteiger partial charge in [-0.05, 0) is 58.5 Å². The van der Waals surface area contributed by atoms with Gasteiger partial charge >= 0.3 is 0 Å². The van der Waals surface area contributed by atoms with Gasteiger partial charge in [-0.1, -0.05) is 35.6 Å². The highest BCUT2D eigenvalue weighted by Crippen LogP contribution is 2.15. The molecule has 0 unspecified atom stereocenters. The molecule has 4 rings (SSSR count). The van der Waals surface area contributed by atoms with E-state index in [0.29, 0.717) is 4.53 Å². The van der Waals surface area contributed by atoms with Gasteiger partial charge in [-0.3, -0.25) is 4.79 Å². The Morgan fingerprint density at radius 1 is 1.14 bits per heavy atom. The standard InChI is InChI=1S/C16H9IN2OS/c17-11-5-3-4-10(8-11)9-14-15(20)19-13-7-2-1-6-12(13)18-16(19)21-14/h1-9H. The lowest BCUT2D eigenvalue weighted by atomic mass is 10.2.